The van der Waals surface area contributed by atoms with Crippen LogP contribution in [0.15, 0.2) is 50.3 Å². The number of anilines is 1. The molecular formula is C23H26BrN5O3S2. The molecule has 3 N–H and O–H groups in total. The second kappa shape index (κ2) is 11.7. The normalized spacial score (nSPS) is 11.6. The molecular weight excluding hydrogens is 538 g/mol. The van der Waals surface area contributed by atoms with Crippen LogP contribution in [-0.2, 0) is 16.8 Å². The summed E-state index contributed by atoms with van der Waals surface area (Å²) in [6.07, 6.45) is 1.54. The number of nitrogens with two attached hydrogens (primary N) is 1. The number of benzene rings is 2. The maximum Gasteiger partial charge on any atom is 0.250 e. The third-order valence-electron chi connectivity index (χ3n) is 4.61. The Morgan fingerprint density at radius 3 is 2.62 bits per heavy atom. The third-order valence-corrected chi connectivity index (χ3v) is 7.08. The highest BCUT2D eigenvalue weighted by atomic mass is 79.9. The van der Waals surface area contributed by atoms with E-state index in [2.05, 4.69) is 81.7 Å². The zero-order valence-corrected chi connectivity index (χ0v) is 22.5. The Kier molecular flexibility index (Phi) is 8.92. The summed E-state index contributed by atoms with van der Waals surface area (Å²) in [4.78, 5) is 12.0. The minimum Gasteiger partial charge on any atom is -0.493 e. The van der Waals surface area contributed by atoms with Crippen molar-refractivity contribution in [2.45, 2.75) is 37.1 Å². The third kappa shape index (κ3) is 7.44. The van der Waals surface area contributed by atoms with Crippen LogP contribution < -0.4 is 20.6 Å². The van der Waals surface area contributed by atoms with E-state index in [9.17, 15) is 4.79 Å². The number of amides is 1. The molecule has 8 nitrogen and oxygen atoms in total. The molecule has 0 saturated heterocycles. The van der Waals surface area contributed by atoms with Gasteiger partial charge in [0.25, 0.3) is 5.91 Å². The average molecular weight is 565 g/mol. The number of rotatable bonds is 9. The quantitative estimate of drug-likeness (QED) is 0.214. The summed E-state index contributed by atoms with van der Waals surface area (Å²) in [5.74, 6) is 1.04. The van der Waals surface area contributed by atoms with E-state index in [0.29, 0.717) is 27.6 Å². The number of hydrogen-bond acceptors (Lipinski definition) is 9. The Morgan fingerprint density at radius 2 is 2.00 bits per heavy atom. The van der Waals surface area contributed by atoms with Gasteiger partial charge in [-0.3, -0.25) is 4.79 Å². The second-order valence-corrected chi connectivity index (χ2v) is 11.3. The summed E-state index contributed by atoms with van der Waals surface area (Å²) in [6, 6.07) is 12.0. The molecule has 1 amide bonds. The topological polar surface area (TPSA) is 112 Å². The molecule has 0 bridgehead atoms. The van der Waals surface area contributed by atoms with Crippen LogP contribution in [0, 0.1) is 0 Å². The van der Waals surface area contributed by atoms with Crippen molar-refractivity contribution in [3.05, 3.63) is 57.6 Å². The summed E-state index contributed by atoms with van der Waals surface area (Å²) in [5.41, 5.74) is 11.2. The average Bonchev–Trinajstić information content (AvgIpc) is 3.21. The number of hydrazone groups is 1. The Hall–Kier alpha value is -2.63. The van der Waals surface area contributed by atoms with E-state index >= 15 is 0 Å². The van der Waals surface area contributed by atoms with Gasteiger partial charge in [-0.15, -0.1) is 10.2 Å². The van der Waals surface area contributed by atoms with Crippen LogP contribution in [0.25, 0.3) is 0 Å². The second-order valence-electron chi connectivity index (χ2n) is 8.26. The molecule has 0 spiro atoms. The zero-order valence-electron chi connectivity index (χ0n) is 19.3. The molecule has 3 aromatic rings. The Bertz CT molecular complexity index is 1160. The number of carbonyl (C=O) groups excluding carboxylic acids is 1. The van der Waals surface area contributed by atoms with Gasteiger partial charge in [0.15, 0.2) is 15.8 Å². The zero-order chi connectivity index (χ0) is 24.7. The van der Waals surface area contributed by atoms with Crippen LogP contribution in [0.2, 0.25) is 0 Å². The van der Waals surface area contributed by atoms with E-state index < -0.39 is 0 Å². The standard InChI is InChI=1S/C23H26BrN5O3S2/c1-23(2,3)16-7-5-14(6-8-16)12-32-20-17(24)9-15(10-18(20)31-4)11-26-27-19(30)13-33-22-29-28-21(25)34-22/h5-11H,12-13H2,1-4H3,(H2,25,28)(H,27,30). The van der Waals surface area contributed by atoms with E-state index in [0.717, 1.165) is 15.6 Å². The minimum atomic E-state index is -0.265. The van der Waals surface area contributed by atoms with Gasteiger partial charge in [0.05, 0.1) is 23.5 Å². The van der Waals surface area contributed by atoms with E-state index in [1.165, 1.54) is 34.9 Å². The minimum absolute atomic E-state index is 0.106. The smallest absolute Gasteiger partial charge is 0.250 e. The molecule has 34 heavy (non-hydrogen) atoms. The number of hydrogen-bond donors (Lipinski definition) is 2. The van der Waals surface area contributed by atoms with E-state index in [-0.39, 0.29) is 17.1 Å². The van der Waals surface area contributed by atoms with Crippen LogP contribution in [0.5, 0.6) is 11.5 Å². The van der Waals surface area contributed by atoms with Crippen molar-refractivity contribution in [1.29, 1.82) is 0 Å². The molecule has 11 heteroatoms. The summed E-state index contributed by atoms with van der Waals surface area (Å²) in [7, 11) is 1.58. The molecule has 0 fully saturated rings. The molecule has 0 saturated carbocycles. The van der Waals surface area contributed by atoms with Gasteiger partial charge in [-0.25, -0.2) is 5.43 Å². The van der Waals surface area contributed by atoms with Crippen LogP contribution in [0.4, 0.5) is 5.13 Å². The SMILES string of the molecule is COc1cc(C=NNC(=O)CSc2nnc(N)s2)cc(Br)c1OCc1ccc(C(C)(C)C)cc1. The van der Waals surface area contributed by atoms with Gasteiger partial charge in [-0.05, 0) is 50.2 Å². The lowest BCUT2D eigenvalue weighted by Gasteiger charge is -2.19. The van der Waals surface area contributed by atoms with Gasteiger partial charge < -0.3 is 15.2 Å². The maximum atomic E-state index is 12.0. The molecule has 0 aliphatic heterocycles. The number of thioether (sulfide) groups is 1. The summed E-state index contributed by atoms with van der Waals surface area (Å²) in [6.45, 7) is 6.97. The van der Waals surface area contributed by atoms with E-state index in [1.54, 1.807) is 13.2 Å². The van der Waals surface area contributed by atoms with Crippen molar-refractivity contribution in [1.82, 2.24) is 15.6 Å². The lowest BCUT2D eigenvalue weighted by molar-refractivity contribution is -0.118. The number of methoxy groups -OCH3 is 1. The van der Waals surface area contributed by atoms with Crippen LogP contribution in [0.1, 0.15) is 37.5 Å². The number of carbonyl (C=O) groups is 1. The van der Waals surface area contributed by atoms with Crippen molar-refractivity contribution in [2.24, 2.45) is 5.10 Å². The maximum absolute atomic E-state index is 12.0. The molecule has 1 heterocycles. The first-order chi connectivity index (χ1) is 16.2. The Labute approximate surface area is 215 Å². The number of halogens is 1. The fourth-order valence-electron chi connectivity index (χ4n) is 2.83. The summed E-state index contributed by atoms with van der Waals surface area (Å²) >= 11 is 6.02. The number of nitrogens with one attached hydrogen (secondary N) is 1. The summed E-state index contributed by atoms with van der Waals surface area (Å²) < 4.78 is 12.9. The van der Waals surface area contributed by atoms with Crippen molar-refractivity contribution < 1.29 is 14.3 Å². The molecule has 0 aliphatic rings. The van der Waals surface area contributed by atoms with Crippen molar-refractivity contribution in [2.75, 3.05) is 18.6 Å². The van der Waals surface area contributed by atoms with Crippen molar-refractivity contribution in [3.63, 3.8) is 0 Å². The van der Waals surface area contributed by atoms with Crippen molar-refractivity contribution in [3.8, 4) is 11.5 Å². The van der Waals surface area contributed by atoms with Gasteiger partial charge in [0, 0.05) is 0 Å². The lowest BCUT2D eigenvalue weighted by atomic mass is 9.87. The van der Waals surface area contributed by atoms with Crippen LogP contribution in [0.3, 0.4) is 0 Å². The highest BCUT2D eigenvalue weighted by molar-refractivity contribution is 9.10. The Morgan fingerprint density at radius 1 is 1.26 bits per heavy atom. The molecule has 180 valence electrons. The van der Waals surface area contributed by atoms with Gasteiger partial charge in [-0.2, -0.15) is 5.10 Å². The first-order valence-electron chi connectivity index (χ1n) is 10.3. The largest absolute Gasteiger partial charge is 0.493 e. The predicted octanol–water partition coefficient (Wildman–Crippen LogP) is 5.01. The number of aromatic nitrogens is 2. The molecule has 0 radical (unpaired) electrons. The van der Waals surface area contributed by atoms with Gasteiger partial charge in [0.1, 0.15) is 6.61 Å². The fourth-order valence-corrected chi connectivity index (χ4v) is 4.83. The highest BCUT2D eigenvalue weighted by Gasteiger charge is 2.14. The lowest BCUT2D eigenvalue weighted by Crippen LogP contribution is -2.19. The fraction of sp³-hybridized carbons (Fsp3) is 0.304. The molecule has 0 unspecified atom stereocenters. The van der Waals surface area contributed by atoms with Crippen LogP contribution >= 0.6 is 39.0 Å². The molecule has 2 aromatic carbocycles. The molecule has 3 rings (SSSR count). The van der Waals surface area contributed by atoms with E-state index in [4.69, 9.17) is 15.2 Å². The molecule has 1 aromatic heterocycles. The van der Waals surface area contributed by atoms with Gasteiger partial charge in [0.2, 0.25) is 5.13 Å². The first-order valence-corrected chi connectivity index (χ1v) is 12.9. The highest BCUT2D eigenvalue weighted by Crippen LogP contribution is 2.37. The first kappa shape index (κ1) is 26.0. The number of nitrogens with zero attached hydrogens (tertiary/aromatic N) is 3. The Balaban J connectivity index is 1.58. The van der Waals surface area contributed by atoms with E-state index in [1.807, 2.05) is 6.07 Å². The molecule has 0 aliphatic carbocycles. The predicted molar refractivity (Wildman–Crippen MR) is 141 cm³/mol. The molecule has 0 atom stereocenters. The van der Waals surface area contributed by atoms with Crippen molar-refractivity contribution >= 4 is 56.3 Å². The van der Waals surface area contributed by atoms with Crippen LogP contribution in [-0.4, -0.2) is 35.2 Å². The summed E-state index contributed by atoms with van der Waals surface area (Å²) in [5, 5.41) is 11.9. The number of nitrogen functional groups attached to an aromatic ring is 1. The van der Waals surface area contributed by atoms with Gasteiger partial charge >= 0.3 is 0 Å². The van der Waals surface area contributed by atoms with Gasteiger partial charge in [-0.1, -0.05) is 68.1 Å². The monoisotopic (exact) mass is 563 g/mol. The number of ether oxygens (including phenoxy) is 2.